The SMILES string of the molecule is CCCS(=N)(=O)c1cccc(Cn2nnc(-c3cccc(F)c3)n2)c1. The van der Waals surface area contributed by atoms with E-state index in [4.69, 9.17) is 4.78 Å². The Hall–Kier alpha value is -2.61. The lowest BCUT2D eigenvalue weighted by molar-refractivity contribution is 0.572. The van der Waals surface area contributed by atoms with Crippen LogP contribution in [-0.4, -0.2) is 30.2 Å². The van der Waals surface area contributed by atoms with Crippen LogP contribution < -0.4 is 0 Å². The average Bonchev–Trinajstić information content (AvgIpc) is 3.04. The maximum Gasteiger partial charge on any atom is 0.205 e. The predicted octanol–water partition coefficient (Wildman–Crippen LogP) is 3.34. The number of nitrogens with one attached hydrogen (secondary N) is 1. The summed E-state index contributed by atoms with van der Waals surface area (Å²) in [5.41, 5.74) is 1.38. The third-order valence-corrected chi connectivity index (χ3v) is 5.63. The van der Waals surface area contributed by atoms with E-state index in [1.54, 1.807) is 30.3 Å². The first-order valence-electron chi connectivity index (χ1n) is 7.87. The summed E-state index contributed by atoms with van der Waals surface area (Å²) in [6.45, 7) is 2.24. The fourth-order valence-electron chi connectivity index (χ4n) is 2.47. The highest BCUT2D eigenvalue weighted by atomic mass is 32.2. The summed E-state index contributed by atoms with van der Waals surface area (Å²) in [7, 11) is -2.78. The van der Waals surface area contributed by atoms with Gasteiger partial charge in [0.15, 0.2) is 0 Å². The van der Waals surface area contributed by atoms with Crippen LogP contribution in [0, 0.1) is 10.6 Å². The molecule has 25 heavy (non-hydrogen) atoms. The zero-order valence-corrected chi connectivity index (χ0v) is 14.5. The fraction of sp³-hybridized carbons (Fsp3) is 0.235. The minimum atomic E-state index is -2.78. The van der Waals surface area contributed by atoms with E-state index in [9.17, 15) is 8.60 Å². The Bertz CT molecular complexity index is 984. The molecule has 3 rings (SSSR count). The number of nitrogens with zero attached hydrogens (tertiary/aromatic N) is 4. The number of aromatic nitrogens is 4. The molecule has 0 aliphatic carbocycles. The molecule has 1 unspecified atom stereocenters. The molecule has 0 fully saturated rings. The molecule has 0 saturated carbocycles. The van der Waals surface area contributed by atoms with Crippen molar-refractivity contribution in [3.05, 3.63) is 59.9 Å². The smallest absolute Gasteiger partial charge is 0.205 e. The second-order valence-electron chi connectivity index (χ2n) is 5.68. The van der Waals surface area contributed by atoms with Crippen molar-refractivity contribution in [2.75, 3.05) is 5.75 Å². The molecule has 1 aromatic heterocycles. The van der Waals surface area contributed by atoms with Gasteiger partial charge in [-0.1, -0.05) is 31.2 Å². The molecule has 3 aromatic rings. The molecule has 0 amide bonds. The largest absolute Gasteiger partial charge is 0.249 e. The van der Waals surface area contributed by atoms with Crippen LogP contribution in [0.4, 0.5) is 4.39 Å². The van der Waals surface area contributed by atoms with E-state index in [-0.39, 0.29) is 5.82 Å². The van der Waals surface area contributed by atoms with Gasteiger partial charge >= 0.3 is 0 Å². The molecule has 6 nitrogen and oxygen atoms in total. The van der Waals surface area contributed by atoms with Crippen LogP contribution in [0.1, 0.15) is 18.9 Å². The lowest BCUT2D eigenvalue weighted by atomic mass is 10.2. The van der Waals surface area contributed by atoms with Crippen LogP contribution in [0.5, 0.6) is 0 Å². The van der Waals surface area contributed by atoms with E-state index in [2.05, 4.69) is 15.4 Å². The summed E-state index contributed by atoms with van der Waals surface area (Å²) in [5, 5.41) is 12.2. The highest BCUT2D eigenvalue weighted by molar-refractivity contribution is 7.92. The number of halogens is 1. The summed E-state index contributed by atoms with van der Waals surface area (Å²) >= 11 is 0. The molecule has 0 aliphatic heterocycles. The summed E-state index contributed by atoms with van der Waals surface area (Å²) in [6, 6.07) is 13.1. The minimum absolute atomic E-state index is 0.331. The first-order chi connectivity index (χ1) is 12.0. The Morgan fingerprint density at radius 3 is 2.76 bits per heavy atom. The van der Waals surface area contributed by atoms with Gasteiger partial charge in [-0.25, -0.2) is 13.4 Å². The van der Waals surface area contributed by atoms with Crippen molar-refractivity contribution in [2.45, 2.75) is 24.8 Å². The monoisotopic (exact) mass is 359 g/mol. The molecule has 130 valence electrons. The maximum atomic E-state index is 13.3. The van der Waals surface area contributed by atoms with Gasteiger partial charge in [0.25, 0.3) is 0 Å². The molecule has 1 atom stereocenters. The number of tetrazole rings is 1. The third-order valence-electron chi connectivity index (χ3n) is 3.63. The third kappa shape index (κ3) is 4.08. The summed E-state index contributed by atoms with van der Waals surface area (Å²) in [6.07, 6.45) is 0.689. The highest BCUT2D eigenvalue weighted by Gasteiger charge is 2.11. The second-order valence-corrected chi connectivity index (χ2v) is 7.91. The van der Waals surface area contributed by atoms with Gasteiger partial charge in [-0.05, 0) is 41.5 Å². The standard InChI is InChI=1S/C17H18FN5OS/c1-2-9-25(19,24)16-8-3-5-13(10-16)12-23-21-17(20-22-23)14-6-4-7-15(18)11-14/h3-8,10-11,19H,2,9,12H2,1H3. The van der Waals surface area contributed by atoms with Crippen LogP contribution in [0.2, 0.25) is 0 Å². The van der Waals surface area contributed by atoms with Gasteiger partial charge in [0.1, 0.15) is 5.82 Å². The van der Waals surface area contributed by atoms with Crippen LogP contribution in [0.3, 0.4) is 0 Å². The second kappa shape index (κ2) is 7.10. The van der Waals surface area contributed by atoms with E-state index in [0.717, 1.165) is 5.56 Å². The van der Waals surface area contributed by atoms with Crippen LogP contribution in [0.15, 0.2) is 53.4 Å². The van der Waals surface area contributed by atoms with Crippen molar-refractivity contribution in [1.29, 1.82) is 4.78 Å². The molecule has 0 bridgehead atoms. The predicted molar refractivity (Wildman–Crippen MR) is 93.0 cm³/mol. The van der Waals surface area contributed by atoms with E-state index >= 15 is 0 Å². The Morgan fingerprint density at radius 1 is 1.20 bits per heavy atom. The highest BCUT2D eigenvalue weighted by Crippen LogP contribution is 2.17. The lowest BCUT2D eigenvalue weighted by Crippen LogP contribution is -2.07. The number of hydrogen-bond donors (Lipinski definition) is 1. The fourth-order valence-corrected chi connectivity index (χ4v) is 3.92. The van der Waals surface area contributed by atoms with E-state index < -0.39 is 9.73 Å². The molecule has 1 heterocycles. The minimum Gasteiger partial charge on any atom is -0.249 e. The number of rotatable bonds is 6. The average molecular weight is 359 g/mol. The van der Waals surface area contributed by atoms with Crippen molar-refractivity contribution < 1.29 is 8.60 Å². The molecule has 0 saturated heterocycles. The molecule has 0 spiro atoms. The number of hydrogen-bond acceptors (Lipinski definition) is 5. The summed E-state index contributed by atoms with van der Waals surface area (Å²) in [5.74, 6) is 0.315. The zero-order valence-electron chi connectivity index (χ0n) is 13.7. The van der Waals surface area contributed by atoms with Gasteiger partial charge in [0.2, 0.25) is 5.82 Å². The molecular formula is C17H18FN5OS. The molecule has 8 heteroatoms. The maximum absolute atomic E-state index is 13.3. The van der Waals surface area contributed by atoms with Crippen molar-refractivity contribution in [1.82, 2.24) is 20.2 Å². The lowest BCUT2D eigenvalue weighted by Gasteiger charge is -2.08. The number of benzene rings is 2. The van der Waals surface area contributed by atoms with Gasteiger partial charge in [-0.2, -0.15) is 4.80 Å². The molecule has 2 aromatic carbocycles. The topological polar surface area (TPSA) is 84.5 Å². The van der Waals surface area contributed by atoms with E-state index in [1.807, 2.05) is 13.0 Å². The van der Waals surface area contributed by atoms with E-state index in [0.29, 0.717) is 35.0 Å². The molecular weight excluding hydrogens is 341 g/mol. The normalized spacial score (nSPS) is 13.5. The molecule has 0 aliphatic rings. The molecule has 1 N–H and O–H groups in total. The first-order valence-corrected chi connectivity index (χ1v) is 9.60. The van der Waals surface area contributed by atoms with Crippen LogP contribution in [0.25, 0.3) is 11.4 Å². The van der Waals surface area contributed by atoms with Crippen molar-refractivity contribution >= 4 is 9.73 Å². The van der Waals surface area contributed by atoms with E-state index in [1.165, 1.54) is 16.9 Å². The van der Waals surface area contributed by atoms with Crippen molar-refractivity contribution in [3.63, 3.8) is 0 Å². The van der Waals surface area contributed by atoms with Crippen molar-refractivity contribution in [2.24, 2.45) is 0 Å². The quantitative estimate of drug-likeness (QED) is 0.731. The van der Waals surface area contributed by atoms with Crippen molar-refractivity contribution in [3.8, 4) is 11.4 Å². The van der Waals surface area contributed by atoms with Gasteiger partial charge in [0.05, 0.1) is 16.3 Å². The Labute approximate surface area is 145 Å². The zero-order chi connectivity index (χ0) is 17.9. The summed E-state index contributed by atoms with van der Waals surface area (Å²) < 4.78 is 33.7. The van der Waals surface area contributed by atoms with Gasteiger partial charge in [-0.3, -0.25) is 0 Å². The first kappa shape index (κ1) is 17.2. The summed E-state index contributed by atoms with van der Waals surface area (Å²) in [4.78, 5) is 1.91. The molecule has 0 radical (unpaired) electrons. The van der Waals surface area contributed by atoms with Gasteiger partial charge in [0, 0.05) is 16.2 Å². The van der Waals surface area contributed by atoms with Gasteiger partial charge in [-0.15, -0.1) is 10.2 Å². The Balaban J connectivity index is 1.82. The Kier molecular flexibility index (Phi) is 4.89. The van der Waals surface area contributed by atoms with Gasteiger partial charge < -0.3 is 0 Å². The van der Waals surface area contributed by atoms with Crippen LogP contribution >= 0.6 is 0 Å². The Morgan fingerprint density at radius 2 is 2.00 bits per heavy atom. The van der Waals surface area contributed by atoms with Crippen LogP contribution in [-0.2, 0) is 16.3 Å².